The van der Waals surface area contributed by atoms with E-state index in [4.69, 9.17) is 4.74 Å². The lowest BCUT2D eigenvalue weighted by atomic mass is 10.0. The first-order valence-electron chi connectivity index (χ1n) is 13.3. The molecule has 1 saturated heterocycles. The highest BCUT2D eigenvalue weighted by Gasteiger charge is 2.22. The van der Waals surface area contributed by atoms with Crippen LogP contribution in [0.3, 0.4) is 0 Å². The largest absolute Gasteiger partial charge is 0.450 e. The third-order valence-electron chi connectivity index (χ3n) is 6.87. The Bertz CT molecular complexity index is 1520. The van der Waals surface area contributed by atoms with Crippen molar-refractivity contribution in [3.05, 3.63) is 59.6 Å². The summed E-state index contributed by atoms with van der Waals surface area (Å²) in [5.41, 5.74) is 2.39. The Morgan fingerprint density at radius 3 is 2.52 bits per heavy atom. The van der Waals surface area contributed by atoms with Crippen LogP contribution in [0.1, 0.15) is 37.9 Å². The second-order valence-electron chi connectivity index (χ2n) is 10.0. The van der Waals surface area contributed by atoms with E-state index in [9.17, 15) is 13.6 Å². The van der Waals surface area contributed by atoms with Crippen LogP contribution >= 0.6 is 0 Å². The van der Waals surface area contributed by atoms with Crippen LogP contribution in [0.4, 0.5) is 25.3 Å². The topological polar surface area (TPSA) is 101 Å². The molecule has 0 radical (unpaired) electrons. The molecular formula is C28H32F2N8O2. The zero-order valence-corrected chi connectivity index (χ0v) is 23.0. The number of hydrogen-bond acceptors (Lipinski definition) is 8. The molecule has 40 heavy (non-hydrogen) atoms. The minimum Gasteiger partial charge on any atom is -0.450 e. The first kappa shape index (κ1) is 27.4. The molecule has 3 aromatic heterocycles. The number of nitrogens with zero attached hydrogens (tertiary/aromatic N) is 7. The third kappa shape index (κ3) is 5.71. The van der Waals surface area contributed by atoms with Gasteiger partial charge in [-0.15, -0.1) is 0 Å². The monoisotopic (exact) mass is 550 g/mol. The first-order chi connectivity index (χ1) is 19.2. The van der Waals surface area contributed by atoms with Gasteiger partial charge in [0.25, 0.3) is 0 Å². The van der Waals surface area contributed by atoms with Gasteiger partial charge in [-0.25, -0.2) is 28.5 Å². The highest BCUT2D eigenvalue weighted by atomic mass is 19.1. The van der Waals surface area contributed by atoms with Crippen molar-refractivity contribution in [1.29, 1.82) is 0 Å². The Labute approximate surface area is 231 Å². The van der Waals surface area contributed by atoms with Crippen LogP contribution in [0.2, 0.25) is 0 Å². The Morgan fingerprint density at radius 2 is 1.85 bits per heavy atom. The van der Waals surface area contributed by atoms with Crippen molar-refractivity contribution in [3.8, 4) is 11.3 Å². The summed E-state index contributed by atoms with van der Waals surface area (Å²) < 4.78 is 36.5. The molecule has 10 nitrogen and oxygen atoms in total. The van der Waals surface area contributed by atoms with Crippen LogP contribution in [-0.2, 0) is 18.3 Å². The fraction of sp³-hybridized carbons (Fsp3) is 0.393. The summed E-state index contributed by atoms with van der Waals surface area (Å²) in [6.45, 7) is 9.59. The number of ether oxygens (including phenoxy) is 1. The van der Waals surface area contributed by atoms with E-state index in [1.165, 1.54) is 6.07 Å². The standard InChI is InChI=1S/C28H32F2N8O2/c1-5-40-28(39)38-10-8-37(9-11-38)16-18-6-7-23(31-14-18)33-27-32-15-22(30)24(34-27)19-12-20-25(21(29)13-19)35-36(4)26(20)17(2)3/h6-7,12-15,17H,5,8-11,16H2,1-4H3,(H,31,32,33,34). The fourth-order valence-electron chi connectivity index (χ4n) is 4.99. The first-order valence-corrected chi connectivity index (χ1v) is 13.3. The maximum Gasteiger partial charge on any atom is 0.409 e. The van der Waals surface area contributed by atoms with Crippen LogP contribution < -0.4 is 5.32 Å². The van der Waals surface area contributed by atoms with Gasteiger partial charge in [-0.05, 0) is 36.6 Å². The van der Waals surface area contributed by atoms with E-state index in [1.807, 2.05) is 19.9 Å². The van der Waals surface area contributed by atoms with E-state index >= 15 is 0 Å². The molecule has 1 N–H and O–H groups in total. The third-order valence-corrected chi connectivity index (χ3v) is 6.87. The minimum absolute atomic E-state index is 0.0181. The second kappa shape index (κ2) is 11.5. The molecule has 1 aliphatic heterocycles. The zero-order valence-electron chi connectivity index (χ0n) is 23.0. The lowest BCUT2D eigenvalue weighted by Gasteiger charge is -2.33. The average molecular weight is 551 g/mol. The van der Waals surface area contributed by atoms with Crippen LogP contribution in [0.5, 0.6) is 0 Å². The summed E-state index contributed by atoms with van der Waals surface area (Å²) in [4.78, 5) is 28.7. The van der Waals surface area contributed by atoms with Gasteiger partial charge >= 0.3 is 6.09 Å². The maximum absolute atomic E-state index is 15.0. The number of halogens is 2. The van der Waals surface area contributed by atoms with Crippen molar-refractivity contribution in [1.82, 2.24) is 34.5 Å². The van der Waals surface area contributed by atoms with Crippen LogP contribution in [0.15, 0.2) is 36.7 Å². The molecule has 1 fully saturated rings. The number of hydrogen-bond donors (Lipinski definition) is 1. The molecule has 0 aliphatic carbocycles. The summed E-state index contributed by atoms with van der Waals surface area (Å²) in [5.74, 6) is -0.472. The highest BCUT2D eigenvalue weighted by Crippen LogP contribution is 2.32. The van der Waals surface area contributed by atoms with Gasteiger partial charge in [-0.3, -0.25) is 9.58 Å². The van der Waals surface area contributed by atoms with Gasteiger partial charge in [0.2, 0.25) is 5.95 Å². The number of pyridine rings is 1. The highest BCUT2D eigenvalue weighted by molar-refractivity contribution is 5.87. The fourth-order valence-corrected chi connectivity index (χ4v) is 4.99. The van der Waals surface area contributed by atoms with Gasteiger partial charge < -0.3 is 15.0 Å². The van der Waals surface area contributed by atoms with Crippen LogP contribution in [0.25, 0.3) is 22.2 Å². The molecule has 12 heteroatoms. The molecule has 0 unspecified atom stereocenters. The lowest BCUT2D eigenvalue weighted by Crippen LogP contribution is -2.48. The Morgan fingerprint density at radius 1 is 1.07 bits per heavy atom. The Kier molecular flexibility index (Phi) is 7.88. The molecule has 1 amide bonds. The molecule has 1 aromatic carbocycles. The molecule has 5 rings (SSSR count). The maximum atomic E-state index is 15.0. The number of carbonyl (C=O) groups excluding carboxylic acids is 1. The van der Waals surface area contributed by atoms with Gasteiger partial charge in [-0.1, -0.05) is 19.9 Å². The van der Waals surface area contributed by atoms with E-state index in [2.05, 4.69) is 30.3 Å². The summed E-state index contributed by atoms with van der Waals surface area (Å²) in [6.07, 6.45) is 2.54. The van der Waals surface area contributed by atoms with E-state index < -0.39 is 11.6 Å². The molecule has 210 valence electrons. The number of carbonyl (C=O) groups is 1. The predicted octanol–water partition coefficient (Wildman–Crippen LogP) is 4.84. The van der Waals surface area contributed by atoms with Crippen LogP contribution in [-0.4, -0.2) is 73.4 Å². The van der Waals surface area contributed by atoms with E-state index in [0.29, 0.717) is 43.0 Å². The van der Waals surface area contributed by atoms with Gasteiger partial charge in [0, 0.05) is 62.6 Å². The van der Waals surface area contributed by atoms with E-state index in [0.717, 1.165) is 30.5 Å². The number of benzene rings is 1. The van der Waals surface area contributed by atoms with Gasteiger partial charge in [0.15, 0.2) is 11.6 Å². The molecule has 0 spiro atoms. The predicted molar refractivity (Wildman–Crippen MR) is 147 cm³/mol. The Hall–Kier alpha value is -4.19. The molecular weight excluding hydrogens is 518 g/mol. The molecule has 1 aliphatic rings. The quantitative estimate of drug-likeness (QED) is 0.349. The number of aryl methyl sites for hydroxylation is 1. The summed E-state index contributed by atoms with van der Waals surface area (Å²) in [6, 6.07) is 6.70. The number of fused-ring (bicyclic) bond motifs is 1. The van der Waals surface area contributed by atoms with E-state index in [1.54, 1.807) is 41.9 Å². The summed E-state index contributed by atoms with van der Waals surface area (Å²) >= 11 is 0. The van der Waals surface area contributed by atoms with Gasteiger partial charge in [0.05, 0.1) is 12.8 Å². The van der Waals surface area contributed by atoms with Gasteiger partial charge in [0.1, 0.15) is 17.0 Å². The average Bonchev–Trinajstić information content (AvgIpc) is 3.28. The van der Waals surface area contributed by atoms with Crippen molar-refractivity contribution < 1.29 is 18.3 Å². The molecule has 0 atom stereocenters. The SMILES string of the molecule is CCOC(=O)N1CCN(Cc2ccc(Nc3ncc(F)c(-c4cc(F)c5nn(C)c(C(C)C)c5c4)n3)nc2)CC1. The molecule has 4 aromatic rings. The van der Waals surface area contributed by atoms with Crippen molar-refractivity contribution in [2.75, 3.05) is 38.1 Å². The van der Waals surface area contributed by atoms with Crippen molar-refractivity contribution in [2.24, 2.45) is 7.05 Å². The normalized spacial score (nSPS) is 14.2. The molecule has 0 bridgehead atoms. The number of aromatic nitrogens is 5. The molecule has 4 heterocycles. The Balaban J connectivity index is 1.28. The summed E-state index contributed by atoms with van der Waals surface area (Å²) in [5, 5.41) is 7.93. The smallest absolute Gasteiger partial charge is 0.409 e. The number of rotatable bonds is 7. The van der Waals surface area contributed by atoms with Crippen LogP contribution in [0, 0.1) is 11.6 Å². The molecule has 0 saturated carbocycles. The number of anilines is 2. The zero-order chi connectivity index (χ0) is 28.4. The number of nitrogens with one attached hydrogen (secondary N) is 1. The van der Waals surface area contributed by atoms with Crippen molar-refractivity contribution >= 4 is 28.8 Å². The van der Waals surface area contributed by atoms with Crippen molar-refractivity contribution in [3.63, 3.8) is 0 Å². The minimum atomic E-state index is -0.661. The lowest BCUT2D eigenvalue weighted by molar-refractivity contribution is 0.0778. The van der Waals surface area contributed by atoms with Crippen molar-refractivity contribution in [2.45, 2.75) is 33.2 Å². The van der Waals surface area contributed by atoms with E-state index in [-0.39, 0.29) is 29.2 Å². The number of amides is 1. The number of piperazine rings is 1. The summed E-state index contributed by atoms with van der Waals surface area (Å²) in [7, 11) is 1.77. The van der Waals surface area contributed by atoms with Gasteiger partial charge in [-0.2, -0.15) is 5.10 Å². The second-order valence-corrected chi connectivity index (χ2v) is 10.0.